The lowest BCUT2D eigenvalue weighted by Gasteiger charge is -2.34. The number of nitrogens with one attached hydrogen (secondary N) is 1. The molecule has 0 saturated carbocycles. The van der Waals surface area contributed by atoms with E-state index in [0.29, 0.717) is 30.2 Å². The topological polar surface area (TPSA) is 60.0 Å². The summed E-state index contributed by atoms with van der Waals surface area (Å²) < 4.78 is 16.3. The Bertz CT molecular complexity index is 704. The molecule has 2 rings (SSSR count). The van der Waals surface area contributed by atoms with Crippen molar-refractivity contribution in [3.63, 3.8) is 0 Å². The Morgan fingerprint density at radius 2 is 2.21 bits per heavy atom. The van der Waals surface area contributed by atoms with Gasteiger partial charge in [-0.3, -0.25) is 9.69 Å². The van der Waals surface area contributed by atoms with E-state index in [1.54, 1.807) is 14.2 Å². The second-order valence-electron chi connectivity index (χ2n) is 7.39. The summed E-state index contributed by atoms with van der Waals surface area (Å²) in [7, 11) is 4.48. The summed E-state index contributed by atoms with van der Waals surface area (Å²) in [6.45, 7) is 9.14. The number of likely N-dealkylation sites (tertiary alicyclic amines) is 1. The average Bonchev–Trinajstić information content (AvgIpc) is 3.09. The van der Waals surface area contributed by atoms with E-state index in [4.69, 9.17) is 13.7 Å². The van der Waals surface area contributed by atoms with Gasteiger partial charge in [0.25, 0.3) is 5.91 Å². The fraction of sp³-hybridized carbons (Fsp3) is 0.571. The monoisotopic (exact) mass is 534 g/mol. The Balaban J connectivity index is 2.15. The Hall–Kier alpha value is -0.970. The molecule has 162 valence electrons. The zero-order valence-electron chi connectivity index (χ0n) is 17.5. The van der Waals surface area contributed by atoms with E-state index in [1.807, 2.05) is 18.2 Å². The lowest BCUT2D eigenvalue weighted by molar-refractivity contribution is 0.0908. The molecule has 1 heterocycles. The number of rotatable bonds is 12. The highest BCUT2D eigenvalue weighted by molar-refractivity contribution is 14.2. The van der Waals surface area contributed by atoms with Crippen LogP contribution in [-0.4, -0.2) is 56.8 Å². The molecule has 0 aliphatic carbocycles. The number of ether oxygens (including phenoxy) is 2. The minimum absolute atomic E-state index is 0.0623. The van der Waals surface area contributed by atoms with E-state index in [2.05, 4.69) is 44.9 Å². The molecule has 1 aliphatic rings. The molecule has 1 N–H and O–H groups in total. The van der Waals surface area contributed by atoms with Gasteiger partial charge in [0.15, 0.2) is 11.5 Å². The molecule has 1 aromatic rings. The fourth-order valence-corrected chi connectivity index (χ4v) is 4.53. The van der Waals surface area contributed by atoms with E-state index in [-0.39, 0.29) is 11.4 Å². The van der Waals surface area contributed by atoms with Crippen molar-refractivity contribution in [3.8, 4) is 11.5 Å². The van der Waals surface area contributed by atoms with Crippen molar-refractivity contribution in [2.75, 3.05) is 40.5 Å². The molecule has 0 spiro atoms. The van der Waals surface area contributed by atoms with Crippen LogP contribution in [0.4, 0.5) is 0 Å². The molecule has 1 unspecified atom stereocenters. The molecular weight excluding hydrogens is 503 g/mol. The number of hydrogen-bond donors (Lipinski definition) is 1. The van der Waals surface area contributed by atoms with Crippen LogP contribution in [0, 0.1) is 0 Å². The summed E-state index contributed by atoms with van der Waals surface area (Å²) in [6, 6.07) is 3.82. The Morgan fingerprint density at radius 3 is 2.86 bits per heavy atom. The smallest absolute Gasteiger partial charge is 0.255 e. The average molecular weight is 534 g/mol. The summed E-state index contributed by atoms with van der Waals surface area (Å²) in [5.74, 6) is 0.889. The summed E-state index contributed by atoms with van der Waals surface area (Å²) in [5, 5.41) is 3.12. The maximum absolute atomic E-state index is 13.1. The molecule has 1 atom stereocenters. The normalized spacial score (nSPS) is 19.2. The van der Waals surface area contributed by atoms with Gasteiger partial charge < -0.3 is 19.0 Å². The van der Waals surface area contributed by atoms with Crippen molar-refractivity contribution < 1.29 is 18.5 Å². The van der Waals surface area contributed by atoms with Crippen LogP contribution < -0.4 is 14.8 Å². The predicted molar refractivity (Wildman–Crippen MR) is 127 cm³/mol. The first-order valence-corrected chi connectivity index (χ1v) is 13.1. The van der Waals surface area contributed by atoms with Gasteiger partial charge >= 0.3 is 0 Å². The van der Waals surface area contributed by atoms with Crippen molar-refractivity contribution in [2.24, 2.45) is 0 Å². The van der Waals surface area contributed by atoms with Crippen LogP contribution in [0.15, 0.2) is 24.8 Å². The van der Waals surface area contributed by atoms with Gasteiger partial charge in [-0.1, -0.05) is 6.08 Å². The summed E-state index contributed by atoms with van der Waals surface area (Å²) >= 11 is 2.11. The Kier molecular flexibility index (Phi) is 10.1. The molecule has 1 amide bonds. The third-order valence-electron chi connectivity index (χ3n) is 5.41. The van der Waals surface area contributed by atoms with Crippen molar-refractivity contribution in [1.29, 1.82) is 0 Å². The van der Waals surface area contributed by atoms with E-state index in [1.165, 1.54) is 9.21 Å². The second-order valence-corrected chi connectivity index (χ2v) is 8.83. The number of nitrogens with zero attached hydrogens (tertiary/aromatic N) is 1. The zero-order valence-corrected chi connectivity index (χ0v) is 20.4. The van der Waals surface area contributed by atoms with Crippen LogP contribution in [-0.2, 0) is 10.6 Å². The molecule has 8 heteroatoms. The first-order chi connectivity index (χ1) is 14.0. The lowest BCUT2D eigenvalue weighted by Crippen LogP contribution is -2.50. The molecule has 0 radical (unpaired) electrons. The SMILES string of the molecule is C=CCN1CCCC1(C)CNC(=O)c1cc(CCCOSI)cc(OC)c1OC. The second kappa shape index (κ2) is 12.0. The van der Waals surface area contributed by atoms with Gasteiger partial charge in [0, 0.05) is 39.8 Å². The number of carbonyl (C=O) groups is 1. The number of hydrogen-bond acceptors (Lipinski definition) is 6. The predicted octanol–water partition coefficient (Wildman–Crippen LogP) is 4.42. The van der Waals surface area contributed by atoms with Crippen molar-refractivity contribution >= 4 is 36.3 Å². The van der Waals surface area contributed by atoms with Gasteiger partial charge in [0.05, 0.1) is 35.6 Å². The molecule has 0 aromatic heterocycles. The van der Waals surface area contributed by atoms with E-state index >= 15 is 0 Å². The van der Waals surface area contributed by atoms with Crippen LogP contribution in [0.2, 0.25) is 0 Å². The minimum atomic E-state index is -0.146. The third kappa shape index (κ3) is 6.50. The van der Waals surface area contributed by atoms with E-state index in [0.717, 1.165) is 44.3 Å². The highest BCUT2D eigenvalue weighted by atomic mass is 127. The number of methoxy groups -OCH3 is 2. The van der Waals surface area contributed by atoms with Crippen molar-refractivity contribution in [1.82, 2.24) is 10.2 Å². The van der Waals surface area contributed by atoms with Gasteiger partial charge in [-0.2, -0.15) is 0 Å². The molecule has 0 bridgehead atoms. The van der Waals surface area contributed by atoms with E-state index in [9.17, 15) is 4.79 Å². The molecule has 1 aromatic carbocycles. The van der Waals surface area contributed by atoms with E-state index < -0.39 is 0 Å². The number of benzene rings is 1. The first kappa shape index (κ1) is 24.3. The van der Waals surface area contributed by atoms with Gasteiger partial charge in [0.1, 0.15) is 0 Å². The number of amides is 1. The molecular formula is C21H31IN2O4S. The van der Waals surface area contributed by atoms with Crippen molar-refractivity contribution in [3.05, 3.63) is 35.9 Å². The molecule has 1 saturated heterocycles. The van der Waals surface area contributed by atoms with Crippen molar-refractivity contribution in [2.45, 2.75) is 38.1 Å². The highest BCUT2D eigenvalue weighted by Gasteiger charge is 2.36. The summed E-state index contributed by atoms with van der Waals surface area (Å²) in [5.41, 5.74) is 1.46. The maximum Gasteiger partial charge on any atom is 0.255 e. The fourth-order valence-electron chi connectivity index (χ4n) is 3.81. The first-order valence-electron chi connectivity index (χ1n) is 9.78. The number of halogens is 1. The van der Waals surface area contributed by atoms with Gasteiger partial charge in [-0.05, 0) is 56.8 Å². The summed E-state index contributed by atoms with van der Waals surface area (Å²) in [6.07, 6.45) is 5.76. The largest absolute Gasteiger partial charge is 0.493 e. The Labute approximate surface area is 190 Å². The highest BCUT2D eigenvalue weighted by Crippen LogP contribution is 2.34. The minimum Gasteiger partial charge on any atom is -0.493 e. The standard InChI is InChI=1S/C21H31IN2O4S/c1-5-10-24-11-7-9-21(24,2)15-23-20(25)17-13-16(8-6-12-28-29-22)14-18(26-3)19(17)27-4/h5,13-14H,1,6-12,15H2,2-4H3,(H,23,25). The zero-order chi connectivity index (χ0) is 21.3. The number of carbonyl (C=O) groups excluding carboxylic acids is 1. The van der Waals surface area contributed by atoms with Gasteiger partial charge in [-0.25, -0.2) is 0 Å². The lowest BCUT2D eigenvalue weighted by atomic mass is 9.98. The third-order valence-corrected chi connectivity index (χ3v) is 6.43. The number of aryl methyl sites for hydroxylation is 1. The van der Waals surface area contributed by atoms with Crippen LogP contribution in [0.3, 0.4) is 0 Å². The van der Waals surface area contributed by atoms with Crippen LogP contribution >= 0.6 is 30.4 Å². The molecule has 29 heavy (non-hydrogen) atoms. The molecule has 6 nitrogen and oxygen atoms in total. The van der Waals surface area contributed by atoms with Gasteiger partial charge in [-0.15, -0.1) is 6.58 Å². The Morgan fingerprint density at radius 1 is 1.41 bits per heavy atom. The summed E-state index contributed by atoms with van der Waals surface area (Å²) in [4.78, 5) is 15.4. The maximum atomic E-state index is 13.1. The van der Waals surface area contributed by atoms with Crippen LogP contribution in [0.1, 0.15) is 42.1 Å². The van der Waals surface area contributed by atoms with Crippen LogP contribution in [0.5, 0.6) is 11.5 Å². The van der Waals surface area contributed by atoms with Gasteiger partial charge in [0.2, 0.25) is 0 Å². The quantitative estimate of drug-likeness (QED) is 0.186. The molecule has 1 fully saturated rings. The van der Waals surface area contributed by atoms with Crippen LogP contribution in [0.25, 0.3) is 0 Å². The molecule has 1 aliphatic heterocycles.